The third kappa shape index (κ3) is 1.50. The summed E-state index contributed by atoms with van der Waals surface area (Å²) in [4.78, 5) is 12.1. The molecule has 2 heteroatoms. The summed E-state index contributed by atoms with van der Waals surface area (Å²) in [7, 11) is 0. The molecule has 90 valence electrons. The van der Waals surface area contributed by atoms with Gasteiger partial charge in [-0.1, -0.05) is 43.7 Å². The van der Waals surface area contributed by atoms with Gasteiger partial charge in [0.1, 0.15) is 0 Å². The van der Waals surface area contributed by atoms with E-state index in [1.807, 2.05) is 6.07 Å². The van der Waals surface area contributed by atoms with E-state index in [9.17, 15) is 4.79 Å². The normalized spacial score (nSPS) is 35.7. The molecule has 17 heavy (non-hydrogen) atoms. The molecular formula is C15H18O2. The molecule has 3 atom stereocenters. The van der Waals surface area contributed by atoms with Crippen LogP contribution in [0.15, 0.2) is 30.3 Å². The molecule has 1 aliphatic heterocycles. The Bertz CT molecular complexity index is 426. The maximum absolute atomic E-state index is 12.1. The highest BCUT2D eigenvalue weighted by Gasteiger charge is 2.66. The first-order valence-corrected chi connectivity index (χ1v) is 6.51. The van der Waals surface area contributed by atoms with Crippen molar-refractivity contribution in [1.82, 2.24) is 0 Å². The summed E-state index contributed by atoms with van der Waals surface area (Å²) in [5.74, 6) is 0.944. The summed E-state index contributed by atoms with van der Waals surface area (Å²) in [6, 6.07) is 10.4. The Hall–Kier alpha value is -1.31. The van der Waals surface area contributed by atoms with Crippen LogP contribution >= 0.6 is 0 Å². The molecule has 1 heterocycles. The predicted octanol–water partition coefficient (Wildman–Crippen LogP) is 3.13. The van der Waals surface area contributed by atoms with Crippen LogP contribution in [0.1, 0.15) is 37.7 Å². The SMILES string of the molecule is CC[C@H]1CCOC(=O)[C@@]12C[C@H]2c1ccccc1. The van der Waals surface area contributed by atoms with Crippen LogP contribution in [0.2, 0.25) is 0 Å². The van der Waals surface area contributed by atoms with Gasteiger partial charge in [0.15, 0.2) is 0 Å². The Morgan fingerprint density at radius 2 is 2.12 bits per heavy atom. The van der Waals surface area contributed by atoms with E-state index >= 15 is 0 Å². The first kappa shape index (κ1) is 10.8. The summed E-state index contributed by atoms with van der Waals surface area (Å²) in [6.45, 7) is 2.80. The van der Waals surface area contributed by atoms with Crippen LogP contribution in [0, 0.1) is 11.3 Å². The quantitative estimate of drug-likeness (QED) is 0.730. The molecule has 1 spiro atoms. The lowest BCUT2D eigenvalue weighted by Gasteiger charge is -2.30. The number of cyclic esters (lactones) is 1. The van der Waals surface area contributed by atoms with Gasteiger partial charge in [-0.3, -0.25) is 4.79 Å². The lowest BCUT2D eigenvalue weighted by molar-refractivity contribution is -0.159. The summed E-state index contributed by atoms with van der Waals surface area (Å²) in [5.41, 5.74) is 1.11. The minimum absolute atomic E-state index is 0.0458. The van der Waals surface area contributed by atoms with E-state index < -0.39 is 0 Å². The standard InChI is InChI=1S/C15H18O2/c1-2-12-8-9-17-14(16)15(12)10-13(15)11-6-4-3-5-7-11/h3-7,12-13H,2,8-10H2,1H3/t12-,13-,15-/m0/s1. The molecule has 2 fully saturated rings. The first-order valence-electron chi connectivity index (χ1n) is 6.51. The van der Waals surface area contributed by atoms with Gasteiger partial charge in [-0.25, -0.2) is 0 Å². The van der Waals surface area contributed by atoms with Crippen LogP contribution in [0.3, 0.4) is 0 Å². The van der Waals surface area contributed by atoms with Gasteiger partial charge in [0.2, 0.25) is 0 Å². The molecule has 0 radical (unpaired) electrons. The smallest absolute Gasteiger partial charge is 0.313 e. The fourth-order valence-corrected chi connectivity index (χ4v) is 3.48. The van der Waals surface area contributed by atoms with Crippen LogP contribution in [0.4, 0.5) is 0 Å². The van der Waals surface area contributed by atoms with E-state index in [4.69, 9.17) is 4.74 Å². The Kier molecular flexibility index (Phi) is 2.46. The van der Waals surface area contributed by atoms with Gasteiger partial charge in [-0.15, -0.1) is 0 Å². The second-order valence-corrected chi connectivity index (χ2v) is 5.24. The molecule has 2 aliphatic rings. The molecule has 0 aromatic heterocycles. The Balaban J connectivity index is 1.90. The lowest BCUT2D eigenvalue weighted by Crippen LogP contribution is -2.35. The zero-order valence-corrected chi connectivity index (χ0v) is 10.2. The van der Waals surface area contributed by atoms with Gasteiger partial charge in [0, 0.05) is 5.92 Å². The highest BCUT2D eigenvalue weighted by molar-refractivity contribution is 5.83. The van der Waals surface area contributed by atoms with Crippen molar-refractivity contribution >= 4 is 5.97 Å². The van der Waals surface area contributed by atoms with Gasteiger partial charge < -0.3 is 4.74 Å². The van der Waals surface area contributed by atoms with Crippen LogP contribution < -0.4 is 0 Å². The van der Waals surface area contributed by atoms with Crippen molar-refractivity contribution in [2.24, 2.45) is 11.3 Å². The molecule has 1 aromatic carbocycles. The Morgan fingerprint density at radius 3 is 2.82 bits per heavy atom. The van der Waals surface area contributed by atoms with Crippen molar-refractivity contribution in [2.45, 2.75) is 32.1 Å². The Labute approximate surface area is 102 Å². The molecule has 1 aromatic rings. The molecule has 0 N–H and O–H groups in total. The van der Waals surface area contributed by atoms with Crippen LogP contribution in [-0.4, -0.2) is 12.6 Å². The number of benzene rings is 1. The summed E-state index contributed by atoms with van der Waals surface area (Å²) < 4.78 is 5.30. The third-order valence-corrected chi connectivity index (χ3v) is 4.51. The molecule has 3 rings (SSSR count). The average Bonchev–Trinajstić information content (AvgIpc) is 3.11. The zero-order valence-electron chi connectivity index (χ0n) is 10.2. The van der Waals surface area contributed by atoms with E-state index in [0.29, 0.717) is 18.4 Å². The molecule has 0 unspecified atom stereocenters. The van der Waals surface area contributed by atoms with Gasteiger partial charge in [-0.2, -0.15) is 0 Å². The lowest BCUT2D eigenvalue weighted by atomic mass is 9.80. The number of hydrogen-bond acceptors (Lipinski definition) is 2. The summed E-state index contributed by atoms with van der Waals surface area (Å²) in [6.07, 6.45) is 3.10. The number of ether oxygens (including phenoxy) is 1. The highest BCUT2D eigenvalue weighted by Crippen LogP contribution is 2.66. The predicted molar refractivity (Wildman–Crippen MR) is 65.6 cm³/mol. The number of esters is 1. The van der Waals surface area contributed by atoms with Crippen molar-refractivity contribution in [3.8, 4) is 0 Å². The maximum Gasteiger partial charge on any atom is 0.313 e. The van der Waals surface area contributed by atoms with E-state index in [1.54, 1.807) is 0 Å². The number of carbonyl (C=O) groups excluding carboxylic acids is 1. The summed E-state index contributed by atoms with van der Waals surface area (Å²) in [5, 5.41) is 0. The van der Waals surface area contributed by atoms with E-state index in [1.165, 1.54) is 5.56 Å². The first-order chi connectivity index (χ1) is 8.29. The van der Waals surface area contributed by atoms with Gasteiger partial charge in [0.25, 0.3) is 0 Å². The maximum atomic E-state index is 12.1. The topological polar surface area (TPSA) is 26.3 Å². The molecule has 1 saturated heterocycles. The van der Waals surface area contributed by atoms with Crippen LogP contribution in [0.25, 0.3) is 0 Å². The van der Waals surface area contributed by atoms with Crippen molar-refractivity contribution < 1.29 is 9.53 Å². The van der Waals surface area contributed by atoms with Crippen molar-refractivity contribution in [3.05, 3.63) is 35.9 Å². The number of hydrogen-bond donors (Lipinski definition) is 0. The van der Waals surface area contributed by atoms with E-state index in [-0.39, 0.29) is 11.4 Å². The van der Waals surface area contributed by atoms with Gasteiger partial charge >= 0.3 is 5.97 Å². The summed E-state index contributed by atoms with van der Waals surface area (Å²) >= 11 is 0. The highest BCUT2D eigenvalue weighted by atomic mass is 16.5. The fraction of sp³-hybridized carbons (Fsp3) is 0.533. The fourth-order valence-electron chi connectivity index (χ4n) is 3.48. The molecule has 1 saturated carbocycles. The van der Waals surface area contributed by atoms with Crippen molar-refractivity contribution in [3.63, 3.8) is 0 Å². The molecule has 0 amide bonds. The van der Waals surface area contributed by atoms with E-state index in [0.717, 1.165) is 19.3 Å². The number of rotatable bonds is 2. The number of carbonyl (C=O) groups is 1. The Morgan fingerprint density at radius 1 is 1.35 bits per heavy atom. The molecule has 1 aliphatic carbocycles. The second kappa shape index (κ2) is 3.86. The third-order valence-electron chi connectivity index (χ3n) is 4.51. The zero-order chi connectivity index (χ0) is 11.9. The van der Waals surface area contributed by atoms with Crippen LogP contribution in [-0.2, 0) is 9.53 Å². The van der Waals surface area contributed by atoms with Crippen molar-refractivity contribution in [1.29, 1.82) is 0 Å². The second-order valence-electron chi connectivity index (χ2n) is 5.24. The molecule has 2 nitrogen and oxygen atoms in total. The minimum atomic E-state index is -0.186. The van der Waals surface area contributed by atoms with Crippen LogP contribution in [0.5, 0.6) is 0 Å². The van der Waals surface area contributed by atoms with Gasteiger partial charge in [0.05, 0.1) is 12.0 Å². The largest absolute Gasteiger partial charge is 0.465 e. The monoisotopic (exact) mass is 230 g/mol. The molecule has 0 bridgehead atoms. The van der Waals surface area contributed by atoms with Crippen molar-refractivity contribution in [2.75, 3.05) is 6.61 Å². The van der Waals surface area contributed by atoms with E-state index in [2.05, 4.69) is 31.2 Å². The molecular weight excluding hydrogens is 212 g/mol. The minimum Gasteiger partial charge on any atom is -0.465 e. The average molecular weight is 230 g/mol. The van der Waals surface area contributed by atoms with Gasteiger partial charge in [-0.05, 0) is 24.3 Å².